The van der Waals surface area contributed by atoms with Crippen molar-refractivity contribution in [2.75, 3.05) is 12.4 Å². The van der Waals surface area contributed by atoms with Crippen LogP contribution < -0.4 is 5.32 Å². The van der Waals surface area contributed by atoms with Crippen LogP contribution in [0, 0.1) is 0 Å². The van der Waals surface area contributed by atoms with E-state index in [0.29, 0.717) is 11.3 Å². The summed E-state index contributed by atoms with van der Waals surface area (Å²) in [4.78, 5) is 26.4. The van der Waals surface area contributed by atoms with Crippen LogP contribution in [0.2, 0.25) is 0 Å². The van der Waals surface area contributed by atoms with Gasteiger partial charge in [0, 0.05) is 7.05 Å². The van der Waals surface area contributed by atoms with Gasteiger partial charge in [0.15, 0.2) is 0 Å². The average molecular weight is 280 g/mol. The van der Waals surface area contributed by atoms with Gasteiger partial charge in [-0.1, -0.05) is 36.4 Å². The van der Waals surface area contributed by atoms with E-state index in [1.165, 1.54) is 4.90 Å². The number of fused-ring (bicyclic) bond motifs is 1. The molecule has 1 aromatic carbocycles. The maximum Gasteiger partial charge on any atom is 0.256 e. The molecule has 0 bridgehead atoms. The maximum absolute atomic E-state index is 12.5. The minimum absolute atomic E-state index is 0.152. The molecule has 0 aromatic heterocycles. The first-order valence-electron chi connectivity index (χ1n) is 6.88. The SMILES string of the molecule is CN1C(=O)c2ccccc2NC(=O)C1/C=C1/C=CC=CC1. The number of carbonyl (C=O) groups is 2. The van der Waals surface area contributed by atoms with Crippen LogP contribution in [0.5, 0.6) is 0 Å². The van der Waals surface area contributed by atoms with Gasteiger partial charge in [0.1, 0.15) is 6.04 Å². The van der Waals surface area contributed by atoms with Crippen molar-refractivity contribution in [3.63, 3.8) is 0 Å². The lowest BCUT2D eigenvalue weighted by atomic mass is 10.0. The summed E-state index contributed by atoms with van der Waals surface area (Å²) in [5, 5.41) is 2.83. The first kappa shape index (κ1) is 13.4. The minimum Gasteiger partial charge on any atom is -0.326 e. The van der Waals surface area contributed by atoms with Crippen LogP contribution in [0.4, 0.5) is 5.69 Å². The number of nitrogens with one attached hydrogen (secondary N) is 1. The topological polar surface area (TPSA) is 49.4 Å². The molecule has 1 aliphatic heterocycles. The van der Waals surface area contributed by atoms with Gasteiger partial charge in [-0.05, 0) is 30.2 Å². The third-order valence-corrected chi connectivity index (χ3v) is 3.70. The Morgan fingerprint density at radius 3 is 2.81 bits per heavy atom. The molecule has 0 radical (unpaired) electrons. The second kappa shape index (κ2) is 5.40. The van der Waals surface area contributed by atoms with Crippen LogP contribution in [-0.2, 0) is 4.79 Å². The maximum atomic E-state index is 12.5. The van der Waals surface area contributed by atoms with E-state index in [-0.39, 0.29) is 11.8 Å². The van der Waals surface area contributed by atoms with Gasteiger partial charge in [-0.3, -0.25) is 9.59 Å². The lowest BCUT2D eigenvalue weighted by molar-refractivity contribution is -0.118. The zero-order valence-electron chi connectivity index (χ0n) is 11.7. The molecule has 106 valence electrons. The number of carbonyl (C=O) groups excluding carboxylic acids is 2. The quantitative estimate of drug-likeness (QED) is 0.859. The van der Waals surface area contributed by atoms with Gasteiger partial charge in [-0.15, -0.1) is 0 Å². The first-order chi connectivity index (χ1) is 10.2. The number of hydrogen-bond donors (Lipinski definition) is 1. The van der Waals surface area contributed by atoms with Crippen molar-refractivity contribution in [3.8, 4) is 0 Å². The van der Waals surface area contributed by atoms with E-state index in [2.05, 4.69) is 5.32 Å². The molecular weight excluding hydrogens is 264 g/mol. The molecule has 4 nitrogen and oxygen atoms in total. The summed E-state index contributed by atoms with van der Waals surface area (Å²) in [7, 11) is 1.66. The Kier molecular flexibility index (Phi) is 3.44. The standard InChI is InChI=1S/C17H16N2O2/c1-19-15(11-12-7-3-2-4-8-12)16(20)18-14-10-6-5-9-13(14)17(19)21/h2-7,9-11,15H,8H2,1H3,(H,18,20)/b12-11-. The Morgan fingerprint density at radius 2 is 2.05 bits per heavy atom. The molecule has 21 heavy (non-hydrogen) atoms. The molecule has 4 heteroatoms. The number of amides is 2. The van der Waals surface area contributed by atoms with E-state index in [0.717, 1.165) is 12.0 Å². The summed E-state index contributed by atoms with van der Waals surface area (Å²) < 4.78 is 0. The van der Waals surface area contributed by atoms with Gasteiger partial charge < -0.3 is 10.2 Å². The molecule has 1 aromatic rings. The number of benzene rings is 1. The molecule has 0 saturated heterocycles. The average Bonchev–Trinajstić information content (AvgIpc) is 2.60. The zero-order chi connectivity index (χ0) is 14.8. The van der Waals surface area contributed by atoms with E-state index in [1.54, 1.807) is 31.3 Å². The van der Waals surface area contributed by atoms with Gasteiger partial charge in [-0.2, -0.15) is 0 Å². The highest BCUT2D eigenvalue weighted by atomic mass is 16.2. The van der Waals surface area contributed by atoms with Crippen molar-refractivity contribution in [1.82, 2.24) is 4.90 Å². The van der Waals surface area contributed by atoms with Crippen molar-refractivity contribution >= 4 is 17.5 Å². The van der Waals surface area contributed by atoms with Crippen molar-refractivity contribution in [1.29, 1.82) is 0 Å². The fourth-order valence-corrected chi connectivity index (χ4v) is 2.52. The van der Waals surface area contributed by atoms with Crippen molar-refractivity contribution in [2.45, 2.75) is 12.5 Å². The molecule has 0 spiro atoms. The van der Waals surface area contributed by atoms with Gasteiger partial charge in [0.25, 0.3) is 11.8 Å². The predicted molar refractivity (Wildman–Crippen MR) is 81.9 cm³/mol. The molecule has 0 fully saturated rings. The number of nitrogens with zero attached hydrogens (tertiary/aromatic N) is 1. The third-order valence-electron chi connectivity index (χ3n) is 3.70. The molecule has 1 unspecified atom stereocenters. The lowest BCUT2D eigenvalue weighted by Crippen LogP contribution is -2.41. The molecule has 3 rings (SSSR count). The minimum atomic E-state index is -0.601. The number of hydrogen-bond acceptors (Lipinski definition) is 2. The number of likely N-dealkylation sites (N-methyl/N-ethyl adjacent to an activating group) is 1. The zero-order valence-corrected chi connectivity index (χ0v) is 11.7. The highest BCUT2D eigenvalue weighted by molar-refractivity contribution is 6.10. The number of anilines is 1. The van der Waals surface area contributed by atoms with Crippen LogP contribution in [0.25, 0.3) is 0 Å². The van der Waals surface area contributed by atoms with E-state index in [4.69, 9.17) is 0 Å². The van der Waals surface area contributed by atoms with Crippen LogP contribution in [0.15, 0.2) is 60.2 Å². The summed E-state index contributed by atoms with van der Waals surface area (Å²) in [6.45, 7) is 0. The van der Waals surface area contributed by atoms with Crippen molar-refractivity contribution < 1.29 is 9.59 Å². The van der Waals surface area contributed by atoms with Crippen LogP contribution in [0.3, 0.4) is 0 Å². The summed E-state index contributed by atoms with van der Waals surface area (Å²) in [5.74, 6) is -0.340. The molecule has 2 amide bonds. The Hall–Kier alpha value is -2.62. The first-order valence-corrected chi connectivity index (χ1v) is 6.88. The lowest BCUT2D eigenvalue weighted by Gasteiger charge is -2.22. The number of allylic oxidation sites excluding steroid dienone is 5. The van der Waals surface area contributed by atoms with Crippen LogP contribution in [-0.4, -0.2) is 29.8 Å². The van der Waals surface area contributed by atoms with E-state index in [9.17, 15) is 9.59 Å². The Bertz CT molecular complexity index is 686. The molecule has 0 saturated carbocycles. The summed E-state index contributed by atoms with van der Waals surface area (Å²) in [5.41, 5.74) is 2.12. The highest BCUT2D eigenvalue weighted by Crippen LogP contribution is 2.23. The Labute approximate surface area is 123 Å². The van der Waals surface area contributed by atoms with E-state index >= 15 is 0 Å². The van der Waals surface area contributed by atoms with Gasteiger partial charge in [-0.25, -0.2) is 0 Å². The van der Waals surface area contributed by atoms with Crippen molar-refractivity contribution in [3.05, 3.63) is 65.8 Å². The third kappa shape index (κ3) is 2.52. The van der Waals surface area contributed by atoms with E-state index < -0.39 is 6.04 Å². The predicted octanol–water partition coefficient (Wildman–Crippen LogP) is 2.52. The second-order valence-corrected chi connectivity index (χ2v) is 5.13. The summed E-state index contributed by atoms with van der Waals surface area (Å²) in [6, 6.07) is 6.48. The van der Waals surface area contributed by atoms with Crippen LogP contribution in [0.1, 0.15) is 16.8 Å². The fraction of sp³-hybridized carbons (Fsp3) is 0.176. The normalized spacial score (nSPS) is 23.0. The Balaban J connectivity index is 1.97. The van der Waals surface area contributed by atoms with Crippen molar-refractivity contribution in [2.24, 2.45) is 0 Å². The second-order valence-electron chi connectivity index (χ2n) is 5.13. The fourth-order valence-electron chi connectivity index (χ4n) is 2.52. The molecule has 2 aliphatic rings. The molecule has 1 aliphatic carbocycles. The largest absolute Gasteiger partial charge is 0.326 e. The summed E-state index contributed by atoms with van der Waals surface area (Å²) in [6.07, 6.45) is 10.5. The van der Waals surface area contributed by atoms with Gasteiger partial charge >= 0.3 is 0 Å². The molecule has 1 heterocycles. The summed E-state index contributed by atoms with van der Waals surface area (Å²) >= 11 is 0. The van der Waals surface area contributed by atoms with Gasteiger partial charge in [0.2, 0.25) is 0 Å². The molecule has 1 atom stereocenters. The van der Waals surface area contributed by atoms with E-state index in [1.807, 2.05) is 30.4 Å². The highest BCUT2D eigenvalue weighted by Gasteiger charge is 2.31. The smallest absolute Gasteiger partial charge is 0.256 e. The van der Waals surface area contributed by atoms with Gasteiger partial charge in [0.05, 0.1) is 11.3 Å². The Morgan fingerprint density at radius 1 is 1.24 bits per heavy atom. The number of rotatable bonds is 1. The molecule has 1 N–H and O–H groups in total. The number of para-hydroxylation sites is 1. The molecular formula is C17H16N2O2. The monoisotopic (exact) mass is 280 g/mol. The van der Waals surface area contributed by atoms with Crippen LogP contribution >= 0.6 is 0 Å².